The second kappa shape index (κ2) is 5.56. The molecule has 0 radical (unpaired) electrons. The average Bonchev–Trinajstić information content (AvgIpc) is 2.74. The van der Waals surface area contributed by atoms with Crippen molar-refractivity contribution in [3.05, 3.63) is 53.9 Å². The van der Waals surface area contributed by atoms with Gasteiger partial charge in [0.1, 0.15) is 11.0 Å². The molecule has 10 heteroatoms. The molecule has 2 heterocycles. The number of rotatable bonds is 4. The molecule has 0 unspecified atom stereocenters. The number of nitro groups is 2. The van der Waals surface area contributed by atoms with E-state index in [4.69, 9.17) is 0 Å². The molecule has 0 aliphatic rings. The van der Waals surface area contributed by atoms with E-state index in [9.17, 15) is 20.2 Å². The summed E-state index contributed by atoms with van der Waals surface area (Å²) in [5.74, 6) is -0.311. The van der Waals surface area contributed by atoms with Gasteiger partial charge in [0.2, 0.25) is 0 Å². The Morgan fingerprint density at radius 2 is 1.95 bits per heavy atom. The van der Waals surface area contributed by atoms with Crippen molar-refractivity contribution < 1.29 is 9.85 Å². The van der Waals surface area contributed by atoms with Gasteiger partial charge >= 0.3 is 5.82 Å². The number of aromatic nitrogens is 3. The van der Waals surface area contributed by atoms with Crippen LogP contribution in [0.3, 0.4) is 0 Å². The Balaban J connectivity index is 2.41. The van der Waals surface area contributed by atoms with Crippen LogP contribution in [0.4, 0.5) is 11.5 Å². The zero-order valence-electron chi connectivity index (χ0n) is 11.1. The molecule has 0 N–H and O–H groups in total. The van der Waals surface area contributed by atoms with E-state index in [0.717, 1.165) is 0 Å². The standard InChI is InChI=1S/C11H10BrN5O4/c1-6-3-13-9(7(2)10(6)16(18)19)5-15-4-8(12)11(14-15)17(20)21/h3-4H,5H2,1-2H3. The maximum absolute atomic E-state index is 11.1. The van der Waals surface area contributed by atoms with E-state index < -0.39 is 9.85 Å². The SMILES string of the molecule is Cc1cnc(Cn2cc(Br)c([N+](=O)[O-])n2)c(C)c1[N+](=O)[O-]. The molecule has 2 rings (SSSR count). The molecular formula is C11H10BrN5O4. The second-order valence-electron chi connectivity index (χ2n) is 4.37. The van der Waals surface area contributed by atoms with E-state index >= 15 is 0 Å². The Labute approximate surface area is 127 Å². The van der Waals surface area contributed by atoms with Gasteiger partial charge in [0.15, 0.2) is 0 Å². The van der Waals surface area contributed by atoms with Crippen LogP contribution in [0.5, 0.6) is 0 Å². The van der Waals surface area contributed by atoms with Gasteiger partial charge in [-0.15, -0.1) is 0 Å². The van der Waals surface area contributed by atoms with Crippen molar-refractivity contribution in [3.63, 3.8) is 0 Å². The van der Waals surface area contributed by atoms with Gasteiger partial charge in [-0.25, -0.2) is 0 Å². The molecule has 110 valence electrons. The first-order valence-corrected chi connectivity index (χ1v) is 6.57. The molecule has 0 aliphatic heterocycles. The molecule has 0 spiro atoms. The Morgan fingerprint density at radius 3 is 2.48 bits per heavy atom. The van der Waals surface area contributed by atoms with Crippen molar-refractivity contribution in [2.75, 3.05) is 0 Å². The monoisotopic (exact) mass is 355 g/mol. The predicted molar refractivity (Wildman–Crippen MR) is 76.0 cm³/mol. The van der Waals surface area contributed by atoms with Crippen LogP contribution in [-0.2, 0) is 6.54 Å². The van der Waals surface area contributed by atoms with Crippen molar-refractivity contribution in [1.82, 2.24) is 14.8 Å². The molecule has 0 bridgehead atoms. The van der Waals surface area contributed by atoms with Crippen molar-refractivity contribution in [2.45, 2.75) is 20.4 Å². The first-order chi connectivity index (χ1) is 9.81. The van der Waals surface area contributed by atoms with E-state index in [-0.39, 0.29) is 22.5 Å². The minimum atomic E-state index is -0.613. The summed E-state index contributed by atoms with van der Waals surface area (Å²) in [6, 6.07) is 0. The highest BCUT2D eigenvalue weighted by atomic mass is 79.9. The maximum Gasteiger partial charge on any atom is 0.404 e. The summed E-state index contributed by atoms with van der Waals surface area (Å²) in [7, 11) is 0. The smallest absolute Gasteiger partial charge is 0.358 e. The lowest BCUT2D eigenvalue weighted by molar-refractivity contribution is -0.390. The minimum Gasteiger partial charge on any atom is -0.358 e. The first-order valence-electron chi connectivity index (χ1n) is 5.78. The summed E-state index contributed by atoms with van der Waals surface area (Å²) in [6.45, 7) is 3.32. The van der Waals surface area contributed by atoms with Gasteiger partial charge in [-0.2, -0.15) is 4.68 Å². The lowest BCUT2D eigenvalue weighted by Crippen LogP contribution is -2.08. The minimum absolute atomic E-state index is 0.000668. The van der Waals surface area contributed by atoms with Crippen LogP contribution in [0.1, 0.15) is 16.8 Å². The molecule has 2 aromatic heterocycles. The third-order valence-electron chi connectivity index (χ3n) is 2.94. The van der Waals surface area contributed by atoms with Gasteiger partial charge in [-0.1, -0.05) is 0 Å². The van der Waals surface area contributed by atoms with Gasteiger partial charge in [0, 0.05) is 11.8 Å². The summed E-state index contributed by atoms with van der Waals surface area (Å²) in [4.78, 5) is 24.9. The highest BCUT2D eigenvalue weighted by Gasteiger charge is 2.22. The molecule has 0 aliphatic carbocycles. The fraction of sp³-hybridized carbons (Fsp3) is 0.273. The van der Waals surface area contributed by atoms with Gasteiger partial charge in [0.05, 0.1) is 27.5 Å². The fourth-order valence-corrected chi connectivity index (χ4v) is 2.41. The molecular weight excluding hydrogens is 346 g/mol. The molecule has 0 atom stereocenters. The fourth-order valence-electron chi connectivity index (χ4n) is 1.95. The topological polar surface area (TPSA) is 117 Å². The van der Waals surface area contributed by atoms with Crippen LogP contribution in [0.25, 0.3) is 0 Å². The predicted octanol–water partition coefficient (Wildman–Crippen LogP) is 2.52. The molecule has 21 heavy (non-hydrogen) atoms. The Bertz CT molecular complexity index is 742. The van der Waals surface area contributed by atoms with Crippen molar-refractivity contribution in [2.24, 2.45) is 0 Å². The number of pyridine rings is 1. The second-order valence-corrected chi connectivity index (χ2v) is 5.23. The number of halogens is 1. The van der Waals surface area contributed by atoms with Crippen LogP contribution in [0.15, 0.2) is 16.9 Å². The normalized spacial score (nSPS) is 10.6. The largest absolute Gasteiger partial charge is 0.404 e. The van der Waals surface area contributed by atoms with E-state index in [2.05, 4.69) is 26.0 Å². The summed E-state index contributed by atoms with van der Waals surface area (Å²) in [5, 5.41) is 25.6. The molecule has 0 saturated carbocycles. The van der Waals surface area contributed by atoms with E-state index in [1.54, 1.807) is 13.8 Å². The van der Waals surface area contributed by atoms with Crippen LogP contribution >= 0.6 is 15.9 Å². The Hall–Kier alpha value is -2.36. The van der Waals surface area contributed by atoms with Gasteiger partial charge in [-0.3, -0.25) is 15.1 Å². The number of hydrogen-bond donors (Lipinski definition) is 0. The third kappa shape index (κ3) is 2.89. The van der Waals surface area contributed by atoms with Gasteiger partial charge in [0.25, 0.3) is 5.69 Å². The zero-order chi connectivity index (χ0) is 15.7. The summed E-state index contributed by atoms with van der Waals surface area (Å²) < 4.78 is 1.56. The average molecular weight is 356 g/mol. The quantitative estimate of drug-likeness (QED) is 0.614. The zero-order valence-corrected chi connectivity index (χ0v) is 12.7. The highest BCUT2D eigenvalue weighted by molar-refractivity contribution is 9.10. The van der Waals surface area contributed by atoms with E-state index in [1.807, 2.05) is 0 Å². The number of aryl methyl sites for hydroxylation is 1. The molecule has 0 amide bonds. The van der Waals surface area contributed by atoms with Crippen LogP contribution < -0.4 is 0 Å². The third-order valence-corrected chi connectivity index (χ3v) is 3.50. The van der Waals surface area contributed by atoms with Crippen molar-refractivity contribution in [1.29, 1.82) is 0 Å². The number of hydrogen-bond acceptors (Lipinski definition) is 6. The molecule has 9 nitrogen and oxygen atoms in total. The van der Waals surface area contributed by atoms with Crippen LogP contribution in [-0.4, -0.2) is 24.6 Å². The first kappa shape index (κ1) is 15.0. The van der Waals surface area contributed by atoms with E-state index in [1.165, 1.54) is 17.1 Å². The van der Waals surface area contributed by atoms with Crippen molar-refractivity contribution >= 4 is 27.4 Å². The molecule has 0 fully saturated rings. The lowest BCUT2D eigenvalue weighted by atomic mass is 10.1. The molecule has 0 saturated heterocycles. The molecule has 2 aromatic rings. The molecule has 0 aromatic carbocycles. The summed E-state index contributed by atoms with van der Waals surface area (Å²) in [6.07, 6.45) is 2.85. The highest BCUT2D eigenvalue weighted by Crippen LogP contribution is 2.26. The Morgan fingerprint density at radius 1 is 1.29 bits per heavy atom. The Kier molecular flexibility index (Phi) is 3.98. The summed E-state index contributed by atoms with van der Waals surface area (Å²) >= 11 is 3.05. The summed E-state index contributed by atoms with van der Waals surface area (Å²) in [5.41, 5.74) is 1.33. The van der Waals surface area contributed by atoms with E-state index in [0.29, 0.717) is 16.8 Å². The van der Waals surface area contributed by atoms with Gasteiger partial charge < -0.3 is 10.1 Å². The number of nitrogens with zero attached hydrogens (tertiary/aromatic N) is 5. The van der Waals surface area contributed by atoms with Crippen LogP contribution in [0, 0.1) is 34.1 Å². The van der Waals surface area contributed by atoms with Crippen LogP contribution in [0.2, 0.25) is 0 Å². The lowest BCUT2D eigenvalue weighted by Gasteiger charge is -2.05. The van der Waals surface area contributed by atoms with Gasteiger partial charge in [-0.05, 0) is 34.7 Å². The van der Waals surface area contributed by atoms with Crippen molar-refractivity contribution in [3.8, 4) is 0 Å². The maximum atomic E-state index is 11.1.